The summed E-state index contributed by atoms with van der Waals surface area (Å²) in [6.07, 6.45) is 2.16. The van der Waals surface area contributed by atoms with E-state index >= 15 is 0 Å². The van der Waals surface area contributed by atoms with Crippen LogP contribution in [0.4, 0.5) is 0 Å². The minimum atomic E-state index is -0.129. The van der Waals surface area contributed by atoms with E-state index in [1.165, 1.54) is 6.20 Å². The zero-order chi connectivity index (χ0) is 11.4. The van der Waals surface area contributed by atoms with Crippen molar-refractivity contribution in [1.29, 1.82) is 0 Å². The lowest BCUT2D eigenvalue weighted by molar-refractivity contribution is 0.391. The Morgan fingerprint density at radius 2 is 2.00 bits per heavy atom. The third kappa shape index (κ3) is 2.28. The highest BCUT2D eigenvalue weighted by Gasteiger charge is 2.06. The number of aryl methyl sites for hydroxylation is 1. The van der Waals surface area contributed by atoms with Crippen LogP contribution >= 0.6 is 0 Å². The smallest absolute Gasteiger partial charge is 0.258 e. The average Bonchev–Trinajstić information content (AvgIpc) is 2.33. The van der Waals surface area contributed by atoms with Gasteiger partial charge in [-0.15, -0.1) is 0 Å². The minimum absolute atomic E-state index is 0.129. The number of para-hydroxylation sites is 1. The van der Waals surface area contributed by atoms with Crippen LogP contribution in [0.3, 0.4) is 0 Å². The fraction of sp³-hybridized carbons (Fsp3) is 0.167. The van der Waals surface area contributed by atoms with Crippen LogP contribution in [0.25, 0.3) is 0 Å². The number of benzene rings is 1. The van der Waals surface area contributed by atoms with Gasteiger partial charge >= 0.3 is 0 Å². The molecular formula is C12H12N2O2. The maximum atomic E-state index is 9.61. The van der Waals surface area contributed by atoms with Crippen molar-refractivity contribution >= 4 is 0 Å². The Morgan fingerprint density at radius 1 is 1.25 bits per heavy atom. The number of hydrogen-bond donors (Lipinski definition) is 1. The molecule has 0 fully saturated rings. The molecule has 0 spiro atoms. The molecule has 0 aliphatic carbocycles. The van der Waals surface area contributed by atoms with Crippen molar-refractivity contribution < 1.29 is 9.84 Å². The Kier molecular flexibility index (Phi) is 3.00. The molecule has 2 rings (SSSR count). The van der Waals surface area contributed by atoms with Crippen molar-refractivity contribution in [2.24, 2.45) is 0 Å². The Hall–Kier alpha value is -2.10. The van der Waals surface area contributed by atoms with Gasteiger partial charge in [-0.3, -0.25) is 0 Å². The molecule has 1 aromatic carbocycles. The summed E-state index contributed by atoms with van der Waals surface area (Å²) in [6.45, 7) is 1.92. The van der Waals surface area contributed by atoms with Gasteiger partial charge in [0, 0.05) is 6.42 Å². The molecule has 0 aliphatic rings. The molecule has 16 heavy (non-hydrogen) atoms. The monoisotopic (exact) mass is 216 g/mol. The van der Waals surface area contributed by atoms with Gasteiger partial charge in [0.05, 0.1) is 6.20 Å². The number of aromatic nitrogens is 2. The van der Waals surface area contributed by atoms with Gasteiger partial charge < -0.3 is 9.84 Å². The first kappa shape index (κ1) is 10.4. The van der Waals surface area contributed by atoms with Gasteiger partial charge in [-0.1, -0.05) is 25.1 Å². The van der Waals surface area contributed by atoms with Crippen LogP contribution in [-0.2, 0) is 6.42 Å². The molecule has 0 amide bonds. The van der Waals surface area contributed by atoms with E-state index < -0.39 is 0 Å². The lowest BCUT2D eigenvalue weighted by Gasteiger charge is -2.06. The predicted octanol–water partition coefficient (Wildman–Crippen LogP) is 2.54. The molecule has 0 aliphatic heterocycles. The normalized spacial score (nSPS) is 10.1. The summed E-state index contributed by atoms with van der Waals surface area (Å²) < 4.78 is 5.43. The van der Waals surface area contributed by atoms with Crippen LogP contribution in [0.1, 0.15) is 12.7 Å². The van der Waals surface area contributed by atoms with E-state index in [-0.39, 0.29) is 11.6 Å². The molecule has 0 saturated heterocycles. The van der Waals surface area contributed by atoms with Crippen LogP contribution in [-0.4, -0.2) is 15.1 Å². The van der Waals surface area contributed by atoms with E-state index in [4.69, 9.17) is 4.74 Å². The third-order valence-corrected chi connectivity index (χ3v) is 2.07. The second-order valence-electron chi connectivity index (χ2n) is 3.24. The van der Waals surface area contributed by atoms with Crippen molar-refractivity contribution in [3.05, 3.63) is 42.4 Å². The molecule has 0 bridgehead atoms. The zero-order valence-electron chi connectivity index (χ0n) is 8.92. The first-order chi connectivity index (χ1) is 7.79. The minimum Gasteiger partial charge on any atom is -0.491 e. The molecule has 1 N–H and O–H groups in total. The lowest BCUT2D eigenvalue weighted by atomic mass is 10.3. The van der Waals surface area contributed by atoms with Crippen LogP contribution in [0, 0.1) is 0 Å². The van der Waals surface area contributed by atoms with Crippen LogP contribution in [0.5, 0.6) is 17.4 Å². The largest absolute Gasteiger partial charge is 0.491 e. The van der Waals surface area contributed by atoms with E-state index in [0.717, 1.165) is 0 Å². The Morgan fingerprint density at radius 3 is 2.62 bits per heavy atom. The first-order valence-corrected chi connectivity index (χ1v) is 5.07. The molecule has 4 heteroatoms. The van der Waals surface area contributed by atoms with Crippen molar-refractivity contribution in [2.75, 3.05) is 0 Å². The number of ether oxygens (including phenoxy) is 1. The quantitative estimate of drug-likeness (QED) is 0.856. The van der Waals surface area contributed by atoms with Crippen LogP contribution in [0.2, 0.25) is 0 Å². The number of hydrogen-bond acceptors (Lipinski definition) is 4. The highest BCUT2D eigenvalue weighted by molar-refractivity contribution is 5.35. The molecule has 0 radical (unpaired) electrons. The van der Waals surface area contributed by atoms with Gasteiger partial charge in [0.2, 0.25) is 5.75 Å². The number of nitrogens with zero attached hydrogens (tertiary/aromatic N) is 2. The third-order valence-electron chi connectivity index (χ3n) is 2.07. The molecular weight excluding hydrogens is 204 g/mol. The molecule has 1 aromatic heterocycles. The van der Waals surface area contributed by atoms with Gasteiger partial charge in [0.1, 0.15) is 11.6 Å². The Balaban J connectivity index is 2.22. The van der Waals surface area contributed by atoms with Gasteiger partial charge in [-0.05, 0) is 12.1 Å². The topological polar surface area (TPSA) is 55.2 Å². The Bertz CT molecular complexity index is 472. The van der Waals surface area contributed by atoms with E-state index in [9.17, 15) is 5.11 Å². The van der Waals surface area contributed by atoms with Gasteiger partial charge in [-0.2, -0.15) is 4.98 Å². The summed E-state index contributed by atoms with van der Waals surface area (Å²) in [4.78, 5) is 7.97. The van der Waals surface area contributed by atoms with Crippen molar-refractivity contribution in [3.8, 4) is 17.4 Å². The van der Waals surface area contributed by atoms with Crippen LogP contribution < -0.4 is 4.74 Å². The number of aromatic hydroxyl groups is 1. The second-order valence-corrected chi connectivity index (χ2v) is 3.24. The zero-order valence-corrected chi connectivity index (χ0v) is 8.92. The molecule has 0 atom stereocenters. The lowest BCUT2D eigenvalue weighted by Crippen LogP contribution is -1.94. The SMILES string of the molecule is CCc1ncc(Oc2ccccc2)c(O)n1. The maximum absolute atomic E-state index is 9.61. The molecule has 0 saturated carbocycles. The van der Waals surface area contributed by atoms with Crippen molar-refractivity contribution in [2.45, 2.75) is 13.3 Å². The summed E-state index contributed by atoms with van der Waals surface area (Å²) in [5.74, 6) is 1.38. The number of rotatable bonds is 3. The molecule has 2 aromatic rings. The van der Waals surface area contributed by atoms with E-state index in [1.807, 2.05) is 25.1 Å². The van der Waals surface area contributed by atoms with Crippen molar-refractivity contribution in [3.63, 3.8) is 0 Å². The standard InChI is InChI=1S/C12H12N2O2/c1-2-11-13-8-10(12(15)14-11)16-9-6-4-3-5-7-9/h3-8H,2H2,1H3,(H,13,14,15). The van der Waals surface area contributed by atoms with Gasteiger partial charge in [-0.25, -0.2) is 4.98 Å². The van der Waals surface area contributed by atoms with E-state index in [1.54, 1.807) is 12.1 Å². The summed E-state index contributed by atoms with van der Waals surface area (Å²) in [5.41, 5.74) is 0. The summed E-state index contributed by atoms with van der Waals surface area (Å²) in [5, 5.41) is 9.61. The fourth-order valence-electron chi connectivity index (χ4n) is 1.25. The van der Waals surface area contributed by atoms with Gasteiger partial charge in [0.25, 0.3) is 5.88 Å². The first-order valence-electron chi connectivity index (χ1n) is 5.07. The van der Waals surface area contributed by atoms with Crippen molar-refractivity contribution in [1.82, 2.24) is 9.97 Å². The second kappa shape index (κ2) is 4.61. The highest BCUT2D eigenvalue weighted by atomic mass is 16.5. The van der Waals surface area contributed by atoms with Crippen LogP contribution in [0.15, 0.2) is 36.5 Å². The van der Waals surface area contributed by atoms with E-state index in [0.29, 0.717) is 18.0 Å². The maximum Gasteiger partial charge on any atom is 0.258 e. The Labute approximate surface area is 93.6 Å². The molecule has 1 heterocycles. The highest BCUT2D eigenvalue weighted by Crippen LogP contribution is 2.27. The summed E-state index contributed by atoms with van der Waals surface area (Å²) in [6, 6.07) is 9.20. The molecule has 82 valence electrons. The molecule has 0 unspecified atom stereocenters. The summed E-state index contributed by atoms with van der Waals surface area (Å²) in [7, 11) is 0. The van der Waals surface area contributed by atoms with Gasteiger partial charge in [0.15, 0.2) is 0 Å². The summed E-state index contributed by atoms with van der Waals surface area (Å²) >= 11 is 0. The predicted molar refractivity (Wildman–Crippen MR) is 59.6 cm³/mol. The molecule has 4 nitrogen and oxygen atoms in total. The average molecular weight is 216 g/mol. The fourth-order valence-corrected chi connectivity index (χ4v) is 1.25. The van der Waals surface area contributed by atoms with E-state index in [2.05, 4.69) is 9.97 Å².